The molecule has 0 aliphatic carbocycles. The number of rotatable bonds is 5. The molecule has 3 rings (SSSR count). The van der Waals surface area contributed by atoms with Gasteiger partial charge in [0.1, 0.15) is 0 Å². The van der Waals surface area contributed by atoms with E-state index in [0.717, 1.165) is 5.56 Å². The van der Waals surface area contributed by atoms with E-state index >= 15 is 0 Å². The van der Waals surface area contributed by atoms with Crippen LogP contribution in [0.15, 0.2) is 36.7 Å². The number of hydrogen-bond donors (Lipinski definition) is 4. The second kappa shape index (κ2) is 7.59. The lowest BCUT2D eigenvalue weighted by Crippen LogP contribution is -2.44. The Morgan fingerprint density at radius 3 is 2.38 bits per heavy atom. The molecule has 1 fully saturated rings. The minimum atomic E-state index is -1.29. The predicted molar refractivity (Wildman–Crippen MR) is 94.4 cm³/mol. The van der Waals surface area contributed by atoms with E-state index in [-0.39, 0.29) is 23.6 Å². The van der Waals surface area contributed by atoms with Gasteiger partial charge in [0.2, 0.25) is 0 Å². The highest BCUT2D eigenvalue weighted by Crippen LogP contribution is 2.23. The summed E-state index contributed by atoms with van der Waals surface area (Å²) in [6.45, 7) is 4.29. The maximum Gasteiger partial charge on any atom is 0.356 e. The zero-order chi connectivity index (χ0) is 18.7. The van der Waals surface area contributed by atoms with Crippen LogP contribution in [0, 0.1) is 0 Å². The number of amides is 1. The average molecular weight is 355 g/mol. The van der Waals surface area contributed by atoms with E-state index in [2.05, 4.69) is 64.2 Å². The molecule has 8 heteroatoms. The van der Waals surface area contributed by atoms with Crippen molar-refractivity contribution >= 4 is 11.9 Å². The van der Waals surface area contributed by atoms with Gasteiger partial charge in [0.15, 0.2) is 11.4 Å². The number of hydrogen-bond acceptors (Lipinski definition) is 6. The van der Waals surface area contributed by atoms with Crippen molar-refractivity contribution in [1.29, 1.82) is 0 Å². The van der Waals surface area contributed by atoms with Crippen molar-refractivity contribution in [2.45, 2.75) is 38.4 Å². The van der Waals surface area contributed by atoms with E-state index < -0.39 is 11.9 Å². The van der Waals surface area contributed by atoms with Gasteiger partial charge in [0.05, 0.1) is 6.17 Å². The standard InChI is InChI=1S/C18H21N5O3/c1-10(2)11-3-5-12(6-4-11)13-9-14(23-22-13)21-17(24)15-16(18(25)26)20-8-7-19-15/h3-8,10,13-14,22-23H,9H2,1-2H3,(H,21,24)(H,25,26). The molecule has 2 unspecified atom stereocenters. The van der Waals surface area contributed by atoms with Gasteiger partial charge in [-0.15, -0.1) is 0 Å². The maximum absolute atomic E-state index is 12.3. The number of nitrogens with one attached hydrogen (secondary N) is 3. The van der Waals surface area contributed by atoms with E-state index in [1.165, 1.54) is 18.0 Å². The van der Waals surface area contributed by atoms with Gasteiger partial charge in [0.25, 0.3) is 5.91 Å². The van der Waals surface area contributed by atoms with Crippen molar-refractivity contribution in [1.82, 2.24) is 26.1 Å². The Balaban J connectivity index is 1.64. The number of carbonyl (C=O) groups is 2. The summed E-state index contributed by atoms with van der Waals surface area (Å²) in [5, 5.41) is 11.9. The molecule has 1 aromatic carbocycles. The number of carboxylic acids is 1. The highest BCUT2D eigenvalue weighted by molar-refractivity contribution is 6.02. The molecule has 0 saturated carbocycles. The molecule has 2 atom stereocenters. The van der Waals surface area contributed by atoms with Crippen LogP contribution >= 0.6 is 0 Å². The van der Waals surface area contributed by atoms with Crippen LogP contribution in [0.4, 0.5) is 0 Å². The summed E-state index contributed by atoms with van der Waals surface area (Å²) in [5.74, 6) is -1.39. The molecule has 1 aliphatic heterocycles. The Morgan fingerprint density at radius 1 is 1.12 bits per heavy atom. The van der Waals surface area contributed by atoms with Gasteiger partial charge >= 0.3 is 5.97 Å². The lowest BCUT2D eigenvalue weighted by molar-refractivity contribution is 0.0682. The van der Waals surface area contributed by atoms with Gasteiger partial charge in [-0.25, -0.2) is 25.6 Å². The number of nitrogens with zero attached hydrogens (tertiary/aromatic N) is 2. The molecular weight excluding hydrogens is 334 g/mol. The van der Waals surface area contributed by atoms with Gasteiger partial charge in [-0.3, -0.25) is 4.79 Å². The molecule has 0 radical (unpaired) electrons. The minimum Gasteiger partial charge on any atom is -0.476 e. The van der Waals surface area contributed by atoms with Crippen molar-refractivity contribution in [2.24, 2.45) is 0 Å². The zero-order valence-electron chi connectivity index (χ0n) is 14.6. The summed E-state index contributed by atoms with van der Waals surface area (Å²) >= 11 is 0. The molecule has 8 nitrogen and oxygen atoms in total. The first-order valence-corrected chi connectivity index (χ1v) is 8.41. The van der Waals surface area contributed by atoms with Crippen LogP contribution in [-0.2, 0) is 0 Å². The molecule has 0 spiro atoms. The third-order valence-corrected chi connectivity index (χ3v) is 4.33. The summed E-state index contributed by atoms with van der Waals surface area (Å²) in [6.07, 6.45) is 2.81. The predicted octanol–water partition coefficient (Wildman–Crippen LogP) is 1.59. The Morgan fingerprint density at radius 2 is 1.77 bits per heavy atom. The number of aromatic nitrogens is 2. The molecule has 1 saturated heterocycles. The monoisotopic (exact) mass is 355 g/mol. The fourth-order valence-corrected chi connectivity index (χ4v) is 2.87. The minimum absolute atomic E-state index is 0.0438. The van der Waals surface area contributed by atoms with E-state index in [9.17, 15) is 9.59 Å². The molecule has 1 aromatic heterocycles. The molecule has 1 amide bonds. The van der Waals surface area contributed by atoms with Gasteiger partial charge in [-0.2, -0.15) is 0 Å². The smallest absolute Gasteiger partial charge is 0.356 e. The number of aromatic carboxylic acids is 1. The first-order chi connectivity index (χ1) is 12.5. The van der Waals surface area contributed by atoms with Crippen LogP contribution in [0.5, 0.6) is 0 Å². The Labute approximate surface area is 151 Å². The van der Waals surface area contributed by atoms with Gasteiger partial charge in [0, 0.05) is 24.9 Å². The zero-order valence-corrected chi connectivity index (χ0v) is 14.6. The quantitative estimate of drug-likeness (QED) is 0.643. The fourth-order valence-electron chi connectivity index (χ4n) is 2.87. The summed E-state index contributed by atoms with van der Waals surface area (Å²) in [7, 11) is 0. The number of benzene rings is 1. The van der Waals surface area contributed by atoms with Crippen molar-refractivity contribution in [2.75, 3.05) is 0 Å². The van der Waals surface area contributed by atoms with Gasteiger partial charge in [-0.1, -0.05) is 38.1 Å². The summed E-state index contributed by atoms with van der Waals surface area (Å²) in [4.78, 5) is 31.1. The van der Waals surface area contributed by atoms with Crippen LogP contribution in [0.3, 0.4) is 0 Å². The van der Waals surface area contributed by atoms with Gasteiger partial charge < -0.3 is 10.4 Å². The number of carboxylic acid groups (broad SMARTS) is 1. The Kier molecular flexibility index (Phi) is 5.24. The normalized spacial score (nSPS) is 19.5. The Bertz CT molecular complexity index is 807. The summed E-state index contributed by atoms with van der Waals surface area (Å²) in [6, 6.07) is 8.40. The fraction of sp³-hybridized carbons (Fsp3) is 0.333. The average Bonchev–Trinajstić information content (AvgIpc) is 3.10. The highest BCUT2D eigenvalue weighted by atomic mass is 16.4. The van der Waals surface area contributed by atoms with E-state index in [1.54, 1.807) is 0 Å². The lowest BCUT2D eigenvalue weighted by atomic mass is 9.98. The van der Waals surface area contributed by atoms with Crippen molar-refractivity contribution in [3.05, 3.63) is 59.2 Å². The third kappa shape index (κ3) is 3.87. The van der Waals surface area contributed by atoms with Crippen LogP contribution in [0.2, 0.25) is 0 Å². The largest absolute Gasteiger partial charge is 0.476 e. The van der Waals surface area contributed by atoms with Crippen LogP contribution < -0.4 is 16.2 Å². The molecule has 2 aromatic rings. The molecule has 4 N–H and O–H groups in total. The molecule has 0 bridgehead atoms. The lowest BCUT2D eigenvalue weighted by Gasteiger charge is -2.13. The Hall–Kier alpha value is -2.84. The van der Waals surface area contributed by atoms with E-state index in [4.69, 9.17) is 5.11 Å². The molecular formula is C18H21N5O3. The first kappa shape index (κ1) is 18.0. The van der Waals surface area contributed by atoms with Crippen molar-refractivity contribution in [3.63, 3.8) is 0 Å². The SMILES string of the molecule is CC(C)c1ccc(C2CC(NC(=O)c3nccnc3C(=O)O)NN2)cc1. The van der Waals surface area contributed by atoms with Crippen molar-refractivity contribution in [3.8, 4) is 0 Å². The third-order valence-electron chi connectivity index (χ3n) is 4.33. The van der Waals surface area contributed by atoms with Crippen LogP contribution in [0.1, 0.15) is 64.3 Å². The summed E-state index contributed by atoms with van der Waals surface area (Å²) in [5.41, 5.74) is 7.98. The molecule has 1 aliphatic rings. The van der Waals surface area contributed by atoms with Crippen molar-refractivity contribution < 1.29 is 14.7 Å². The highest BCUT2D eigenvalue weighted by Gasteiger charge is 2.28. The maximum atomic E-state index is 12.3. The molecule has 2 heterocycles. The topological polar surface area (TPSA) is 116 Å². The van der Waals surface area contributed by atoms with Gasteiger partial charge in [-0.05, 0) is 17.0 Å². The molecule has 136 valence electrons. The number of carbonyl (C=O) groups excluding carboxylic acids is 1. The second-order valence-corrected chi connectivity index (χ2v) is 6.48. The van der Waals surface area contributed by atoms with Crippen LogP contribution in [0.25, 0.3) is 0 Å². The number of hydrazine groups is 1. The van der Waals surface area contributed by atoms with Crippen LogP contribution in [-0.4, -0.2) is 33.1 Å². The summed E-state index contributed by atoms with van der Waals surface area (Å²) < 4.78 is 0. The van der Waals surface area contributed by atoms with E-state index in [1.807, 2.05) is 0 Å². The second-order valence-electron chi connectivity index (χ2n) is 6.48. The first-order valence-electron chi connectivity index (χ1n) is 8.41. The van der Waals surface area contributed by atoms with E-state index in [0.29, 0.717) is 12.3 Å². The molecule has 26 heavy (non-hydrogen) atoms.